The van der Waals surface area contributed by atoms with Gasteiger partial charge in [-0.05, 0) is 38.0 Å². The molecule has 2 unspecified atom stereocenters. The zero-order chi connectivity index (χ0) is 14.0. The fourth-order valence-corrected chi connectivity index (χ4v) is 3.85. The molecule has 0 heterocycles. The van der Waals surface area contributed by atoms with Gasteiger partial charge in [-0.2, -0.15) is 0 Å². The molecule has 108 valence electrons. The molecule has 0 amide bonds. The summed E-state index contributed by atoms with van der Waals surface area (Å²) in [4.78, 5) is 23.5. The third-order valence-electron chi connectivity index (χ3n) is 4.64. The summed E-state index contributed by atoms with van der Waals surface area (Å²) < 4.78 is 15.4. The van der Waals surface area contributed by atoms with E-state index in [1.165, 1.54) is 14.2 Å². The van der Waals surface area contributed by atoms with Crippen molar-refractivity contribution in [2.45, 2.75) is 37.7 Å². The summed E-state index contributed by atoms with van der Waals surface area (Å²) in [6, 6.07) is 0. The Morgan fingerprint density at radius 1 is 0.895 bits per heavy atom. The van der Waals surface area contributed by atoms with Crippen molar-refractivity contribution in [1.29, 1.82) is 0 Å². The van der Waals surface area contributed by atoms with E-state index < -0.39 is 0 Å². The fourth-order valence-electron chi connectivity index (χ4n) is 3.85. The summed E-state index contributed by atoms with van der Waals surface area (Å²) >= 11 is 0. The lowest BCUT2D eigenvalue weighted by Gasteiger charge is -2.48. The third-order valence-corrected chi connectivity index (χ3v) is 4.64. The van der Waals surface area contributed by atoms with Crippen LogP contribution in [0.1, 0.15) is 32.1 Å². The minimum atomic E-state index is -0.376. The molecular formula is C14H22O5. The van der Waals surface area contributed by atoms with Gasteiger partial charge in [0.05, 0.1) is 31.7 Å². The Morgan fingerprint density at radius 3 is 1.74 bits per heavy atom. The molecule has 2 saturated carbocycles. The maximum Gasteiger partial charge on any atom is 0.308 e. The van der Waals surface area contributed by atoms with E-state index in [4.69, 9.17) is 14.2 Å². The van der Waals surface area contributed by atoms with Crippen molar-refractivity contribution in [2.75, 3.05) is 21.3 Å². The average molecular weight is 270 g/mol. The van der Waals surface area contributed by atoms with Gasteiger partial charge in [-0.15, -0.1) is 0 Å². The highest BCUT2D eigenvalue weighted by molar-refractivity contribution is 5.74. The van der Waals surface area contributed by atoms with Crippen LogP contribution in [0.25, 0.3) is 0 Å². The van der Waals surface area contributed by atoms with Gasteiger partial charge in [0.25, 0.3) is 0 Å². The number of esters is 2. The maximum atomic E-state index is 11.8. The minimum Gasteiger partial charge on any atom is -0.469 e. The van der Waals surface area contributed by atoms with Crippen LogP contribution >= 0.6 is 0 Å². The number of hydrogen-bond donors (Lipinski definition) is 0. The van der Waals surface area contributed by atoms with Crippen LogP contribution in [-0.2, 0) is 23.8 Å². The van der Waals surface area contributed by atoms with Gasteiger partial charge in [0.2, 0.25) is 0 Å². The van der Waals surface area contributed by atoms with Crippen molar-refractivity contribution in [2.24, 2.45) is 17.8 Å². The van der Waals surface area contributed by atoms with E-state index in [1.807, 2.05) is 0 Å². The quantitative estimate of drug-likeness (QED) is 0.728. The van der Waals surface area contributed by atoms with E-state index in [1.54, 1.807) is 7.11 Å². The Morgan fingerprint density at radius 2 is 1.37 bits per heavy atom. The minimum absolute atomic E-state index is 0.109. The number of carbonyl (C=O) groups excluding carboxylic acids is 2. The molecule has 2 fully saturated rings. The maximum absolute atomic E-state index is 11.8. The normalized spacial score (nSPS) is 37.5. The molecule has 0 aromatic heterocycles. The van der Waals surface area contributed by atoms with Crippen molar-refractivity contribution in [3.63, 3.8) is 0 Å². The molecule has 0 saturated heterocycles. The lowest BCUT2D eigenvalue weighted by atomic mass is 9.62. The zero-order valence-corrected chi connectivity index (χ0v) is 11.8. The van der Waals surface area contributed by atoms with Crippen LogP contribution < -0.4 is 0 Å². The first-order chi connectivity index (χ1) is 9.03. The van der Waals surface area contributed by atoms with Gasteiger partial charge in [0.1, 0.15) is 0 Å². The summed E-state index contributed by atoms with van der Waals surface area (Å²) in [6.45, 7) is 0. The largest absolute Gasteiger partial charge is 0.469 e. The lowest BCUT2D eigenvalue weighted by Crippen LogP contribution is -2.49. The van der Waals surface area contributed by atoms with Crippen LogP contribution in [0.3, 0.4) is 0 Å². The van der Waals surface area contributed by atoms with Crippen LogP contribution in [0, 0.1) is 17.8 Å². The molecule has 2 aliphatic carbocycles. The highest BCUT2D eigenvalue weighted by Crippen LogP contribution is 2.49. The SMILES string of the molecule is COC(=O)C1CC2CC(C(=O)OC)CC(OC)(C2)C1. The van der Waals surface area contributed by atoms with Gasteiger partial charge in [-0.3, -0.25) is 9.59 Å². The summed E-state index contributed by atoms with van der Waals surface area (Å²) in [5, 5.41) is 0. The van der Waals surface area contributed by atoms with Gasteiger partial charge >= 0.3 is 11.9 Å². The summed E-state index contributed by atoms with van der Waals surface area (Å²) in [5.74, 6) is -0.217. The van der Waals surface area contributed by atoms with E-state index in [0.717, 1.165) is 19.3 Å². The molecule has 2 atom stereocenters. The Kier molecular flexibility index (Phi) is 4.13. The Bertz CT molecular complexity index is 337. The van der Waals surface area contributed by atoms with Crippen LogP contribution in [0.5, 0.6) is 0 Å². The monoisotopic (exact) mass is 270 g/mol. The molecule has 0 N–H and O–H groups in total. The molecule has 5 nitrogen and oxygen atoms in total. The van der Waals surface area contributed by atoms with E-state index >= 15 is 0 Å². The number of fused-ring (bicyclic) bond motifs is 2. The number of ether oxygens (including phenoxy) is 3. The number of methoxy groups -OCH3 is 3. The highest BCUT2D eigenvalue weighted by Gasteiger charge is 2.50. The predicted octanol–water partition coefficient (Wildman–Crippen LogP) is 1.54. The second kappa shape index (κ2) is 5.49. The molecule has 5 heteroatoms. The standard InChI is InChI=1S/C14H22O5/c1-17-12(15)10-4-9-5-11(13(16)18-2)8-14(6-9,7-10)19-3/h9-11H,4-8H2,1-3H3. The average Bonchev–Trinajstić information content (AvgIpc) is 2.44. The van der Waals surface area contributed by atoms with Gasteiger partial charge in [-0.1, -0.05) is 0 Å². The second-order valence-corrected chi connectivity index (χ2v) is 5.78. The lowest BCUT2D eigenvalue weighted by molar-refractivity contribution is -0.167. The van der Waals surface area contributed by atoms with E-state index in [-0.39, 0.29) is 29.4 Å². The fraction of sp³-hybridized carbons (Fsp3) is 0.857. The van der Waals surface area contributed by atoms with Crippen molar-refractivity contribution >= 4 is 11.9 Å². The first-order valence-corrected chi connectivity index (χ1v) is 6.74. The van der Waals surface area contributed by atoms with Crippen molar-refractivity contribution in [3.05, 3.63) is 0 Å². The van der Waals surface area contributed by atoms with Crippen LogP contribution in [-0.4, -0.2) is 38.9 Å². The topological polar surface area (TPSA) is 61.8 Å². The number of hydrogen-bond acceptors (Lipinski definition) is 5. The number of carbonyl (C=O) groups is 2. The van der Waals surface area contributed by atoms with E-state index in [2.05, 4.69) is 0 Å². The Balaban J connectivity index is 2.15. The van der Waals surface area contributed by atoms with Gasteiger partial charge in [-0.25, -0.2) is 0 Å². The Labute approximate surface area is 113 Å². The van der Waals surface area contributed by atoms with Crippen LogP contribution in [0.4, 0.5) is 0 Å². The molecule has 2 rings (SSSR count). The third kappa shape index (κ3) is 2.76. The van der Waals surface area contributed by atoms with Gasteiger partial charge < -0.3 is 14.2 Å². The molecule has 0 aromatic rings. The molecule has 0 radical (unpaired) electrons. The van der Waals surface area contributed by atoms with Gasteiger partial charge in [0.15, 0.2) is 0 Å². The summed E-state index contributed by atoms with van der Waals surface area (Å²) in [5.41, 5.74) is -0.376. The first kappa shape index (κ1) is 14.3. The molecular weight excluding hydrogens is 248 g/mol. The molecule has 19 heavy (non-hydrogen) atoms. The van der Waals surface area contributed by atoms with Crippen molar-refractivity contribution in [1.82, 2.24) is 0 Å². The van der Waals surface area contributed by atoms with Crippen molar-refractivity contribution in [3.8, 4) is 0 Å². The molecule has 2 aliphatic rings. The zero-order valence-electron chi connectivity index (χ0n) is 11.8. The summed E-state index contributed by atoms with van der Waals surface area (Å²) in [6.07, 6.45) is 3.77. The second-order valence-electron chi connectivity index (χ2n) is 5.78. The van der Waals surface area contributed by atoms with E-state index in [0.29, 0.717) is 18.8 Å². The molecule has 2 bridgehead atoms. The summed E-state index contributed by atoms with van der Waals surface area (Å²) in [7, 11) is 4.50. The predicted molar refractivity (Wildman–Crippen MR) is 67.3 cm³/mol. The van der Waals surface area contributed by atoms with Crippen molar-refractivity contribution < 1.29 is 23.8 Å². The highest BCUT2D eigenvalue weighted by atomic mass is 16.5. The first-order valence-electron chi connectivity index (χ1n) is 6.74. The number of rotatable bonds is 3. The van der Waals surface area contributed by atoms with E-state index in [9.17, 15) is 9.59 Å². The van der Waals surface area contributed by atoms with Gasteiger partial charge in [0, 0.05) is 7.11 Å². The molecule has 0 aliphatic heterocycles. The molecule has 0 spiro atoms. The smallest absolute Gasteiger partial charge is 0.308 e. The molecule has 0 aromatic carbocycles. The van der Waals surface area contributed by atoms with Crippen LogP contribution in [0.15, 0.2) is 0 Å². The van der Waals surface area contributed by atoms with Crippen LogP contribution in [0.2, 0.25) is 0 Å². The Hall–Kier alpha value is -1.10.